The number of anilines is 1. The van der Waals surface area contributed by atoms with E-state index in [2.05, 4.69) is 5.32 Å². The van der Waals surface area contributed by atoms with Crippen LogP contribution in [0.5, 0.6) is 0 Å². The molecule has 0 saturated carbocycles. The number of hydrogen-bond acceptors (Lipinski definition) is 1. The zero-order valence-corrected chi connectivity index (χ0v) is 11.0. The number of urea groups is 1. The Morgan fingerprint density at radius 3 is 2.56 bits per heavy atom. The van der Waals surface area contributed by atoms with Gasteiger partial charge in [-0.1, -0.05) is 23.2 Å². The quantitative estimate of drug-likeness (QED) is 0.863. The summed E-state index contributed by atoms with van der Waals surface area (Å²) in [4.78, 5) is 13.2. The molecule has 0 bridgehead atoms. The summed E-state index contributed by atoms with van der Waals surface area (Å²) in [6, 6.07) is 3.18. The lowest BCUT2D eigenvalue weighted by molar-refractivity contribution is 0.224. The van der Waals surface area contributed by atoms with Gasteiger partial charge in [0.25, 0.3) is 0 Å². The summed E-state index contributed by atoms with van der Waals surface area (Å²) in [5.74, 6) is 0. The van der Waals surface area contributed by atoms with E-state index in [0.29, 0.717) is 22.3 Å². The van der Waals surface area contributed by atoms with Gasteiger partial charge in [-0.3, -0.25) is 0 Å². The molecule has 1 rings (SSSR count). The van der Waals surface area contributed by atoms with Gasteiger partial charge in [0.15, 0.2) is 0 Å². The lowest BCUT2D eigenvalue weighted by Crippen LogP contribution is -2.31. The first-order valence-electron chi connectivity index (χ1n) is 4.93. The van der Waals surface area contributed by atoms with Gasteiger partial charge >= 0.3 is 6.03 Å². The van der Waals surface area contributed by atoms with E-state index < -0.39 is 0 Å². The molecule has 0 aliphatic rings. The number of carbonyl (C=O) groups is 1. The molecule has 0 spiro atoms. The molecule has 0 heterocycles. The maximum absolute atomic E-state index is 11.6. The van der Waals surface area contributed by atoms with Crippen LogP contribution < -0.4 is 5.32 Å². The van der Waals surface area contributed by atoms with Gasteiger partial charge in [0, 0.05) is 18.6 Å². The van der Waals surface area contributed by atoms with Crippen LogP contribution in [0.25, 0.3) is 0 Å². The van der Waals surface area contributed by atoms with Crippen LogP contribution in [0.15, 0.2) is 12.1 Å². The molecule has 0 fully saturated rings. The second-order valence-electron chi connectivity index (χ2n) is 3.53. The zero-order chi connectivity index (χ0) is 12.3. The van der Waals surface area contributed by atoms with Crippen LogP contribution in [0, 0.1) is 6.92 Å². The molecule has 0 unspecified atom stereocenters. The van der Waals surface area contributed by atoms with Crippen molar-refractivity contribution in [1.29, 1.82) is 0 Å². The SMILES string of the molecule is CCN(C)C(=O)Nc1cc(Cl)c(C)cc1Cl. The molecule has 1 N–H and O–H groups in total. The molecule has 16 heavy (non-hydrogen) atoms. The van der Waals surface area contributed by atoms with Crippen LogP contribution in [0.1, 0.15) is 12.5 Å². The predicted octanol–water partition coefficient (Wildman–Crippen LogP) is 3.79. The van der Waals surface area contributed by atoms with Crippen molar-refractivity contribution >= 4 is 34.9 Å². The third kappa shape index (κ3) is 3.03. The summed E-state index contributed by atoms with van der Waals surface area (Å²) in [5, 5.41) is 3.77. The molecule has 2 amide bonds. The van der Waals surface area contributed by atoms with Gasteiger partial charge in [0.2, 0.25) is 0 Å². The van der Waals surface area contributed by atoms with Crippen LogP contribution in [-0.4, -0.2) is 24.5 Å². The van der Waals surface area contributed by atoms with Gasteiger partial charge in [-0.15, -0.1) is 0 Å². The Balaban J connectivity index is 2.90. The van der Waals surface area contributed by atoms with Gasteiger partial charge in [-0.25, -0.2) is 4.79 Å². The van der Waals surface area contributed by atoms with Gasteiger partial charge in [0.1, 0.15) is 0 Å². The molecule has 0 saturated heterocycles. The summed E-state index contributed by atoms with van der Waals surface area (Å²) in [6.07, 6.45) is 0. The smallest absolute Gasteiger partial charge is 0.321 e. The molecule has 0 radical (unpaired) electrons. The van der Waals surface area contributed by atoms with Gasteiger partial charge in [-0.05, 0) is 31.5 Å². The lowest BCUT2D eigenvalue weighted by atomic mass is 10.2. The minimum atomic E-state index is -0.204. The Morgan fingerprint density at radius 2 is 2.00 bits per heavy atom. The van der Waals surface area contributed by atoms with Crippen LogP contribution in [-0.2, 0) is 0 Å². The van der Waals surface area contributed by atoms with Crippen molar-refractivity contribution in [1.82, 2.24) is 4.90 Å². The first-order valence-corrected chi connectivity index (χ1v) is 5.69. The fraction of sp³-hybridized carbons (Fsp3) is 0.364. The lowest BCUT2D eigenvalue weighted by Gasteiger charge is -2.16. The van der Waals surface area contributed by atoms with Crippen molar-refractivity contribution in [2.75, 3.05) is 18.9 Å². The van der Waals surface area contributed by atoms with Crippen LogP contribution in [0.4, 0.5) is 10.5 Å². The Morgan fingerprint density at radius 1 is 1.38 bits per heavy atom. The Labute approximate surface area is 105 Å². The van der Waals surface area contributed by atoms with E-state index in [9.17, 15) is 4.79 Å². The first kappa shape index (κ1) is 13.1. The third-order valence-electron chi connectivity index (χ3n) is 2.31. The Bertz CT molecular complexity index is 407. The molecule has 88 valence electrons. The van der Waals surface area contributed by atoms with E-state index in [4.69, 9.17) is 23.2 Å². The van der Waals surface area contributed by atoms with Crippen LogP contribution in [0.3, 0.4) is 0 Å². The summed E-state index contributed by atoms with van der Waals surface area (Å²) >= 11 is 12.0. The predicted molar refractivity (Wildman–Crippen MR) is 68.5 cm³/mol. The number of carbonyl (C=O) groups excluding carboxylic acids is 1. The highest BCUT2D eigenvalue weighted by molar-refractivity contribution is 6.36. The topological polar surface area (TPSA) is 32.3 Å². The fourth-order valence-corrected chi connectivity index (χ4v) is 1.53. The maximum Gasteiger partial charge on any atom is 0.321 e. The molecule has 0 aromatic heterocycles. The number of amides is 2. The second-order valence-corrected chi connectivity index (χ2v) is 4.34. The molecule has 1 aromatic carbocycles. The molecule has 0 atom stereocenters. The van der Waals surface area contributed by atoms with Gasteiger partial charge < -0.3 is 10.2 Å². The van der Waals surface area contributed by atoms with Crippen molar-refractivity contribution in [3.8, 4) is 0 Å². The van der Waals surface area contributed by atoms with Crippen molar-refractivity contribution in [2.45, 2.75) is 13.8 Å². The van der Waals surface area contributed by atoms with E-state index in [1.165, 1.54) is 0 Å². The highest BCUT2D eigenvalue weighted by Crippen LogP contribution is 2.28. The summed E-state index contributed by atoms with van der Waals surface area (Å²) < 4.78 is 0. The van der Waals surface area contributed by atoms with E-state index in [1.807, 2.05) is 13.8 Å². The summed E-state index contributed by atoms with van der Waals surface area (Å²) in [7, 11) is 1.71. The molecule has 0 aliphatic carbocycles. The van der Waals surface area contributed by atoms with Crippen molar-refractivity contribution in [2.24, 2.45) is 0 Å². The third-order valence-corrected chi connectivity index (χ3v) is 3.03. The van der Waals surface area contributed by atoms with E-state index >= 15 is 0 Å². The number of benzene rings is 1. The molecular formula is C11H14Cl2N2O. The average molecular weight is 261 g/mol. The Kier molecular flexibility index (Phi) is 4.44. The molecule has 0 aliphatic heterocycles. The van der Waals surface area contributed by atoms with Crippen LogP contribution in [0.2, 0.25) is 10.0 Å². The highest BCUT2D eigenvalue weighted by atomic mass is 35.5. The van der Waals surface area contributed by atoms with Crippen molar-refractivity contribution in [3.63, 3.8) is 0 Å². The zero-order valence-electron chi connectivity index (χ0n) is 9.47. The Hall–Kier alpha value is -0.930. The molecule has 3 nitrogen and oxygen atoms in total. The van der Waals surface area contributed by atoms with Crippen molar-refractivity contribution in [3.05, 3.63) is 27.7 Å². The standard InChI is InChI=1S/C11H14Cl2N2O/c1-4-15(3)11(16)14-10-6-8(12)7(2)5-9(10)13/h5-6H,4H2,1-3H3,(H,14,16). The van der Waals surface area contributed by atoms with E-state index in [0.717, 1.165) is 5.56 Å². The number of hydrogen-bond donors (Lipinski definition) is 1. The minimum Gasteiger partial charge on any atom is -0.328 e. The van der Waals surface area contributed by atoms with E-state index in [-0.39, 0.29) is 6.03 Å². The number of nitrogens with one attached hydrogen (secondary N) is 1. The number of aryl methyl sites for hydroxylation is 1. The van der Waals surface area contributed by atoms with Crippen molar-refractivity contribution < 1.29 is 4.79 Å². The van der Waals surface area contributed by atoms with Gasteiger partial charge in [0.05, 0.1) is 10.7 Å². The average Bonchev–Trinajstić information content (AvgIpc) is 2.24. The molecule has 5 heteroatoms. The molecule has 1 aromatic rings. The fourth-order valence-electron chi connectivity index (χ4n) is 1.10. The normalized spacial score (nSPS) is 10.1. The summed E-state index contributed by atoms with van der Waals surface area (Å²) in [5.41, 5.74) is 1.41. The monoisotopic (exact) mass is 260 g/mol. The second kappa shape index (κ2) is 5.41. The number of halogens is 2. The maximum atomic E-state index is 11.6. The minimum absolute atomic E-state index is 0.204. The summed E-state index contributed by atoms with van der Waals surface area (Å²) in [6.45, 7) is 4.38. The largest absolute Gasteiger partial charge is 0.328 e. The van der Waals surface area contributed by atoms with E-state index in [1.54, 1.807) is 24.1 Å². The first-order chi connectivity index (χ1) is 7.45. The molecular weight excluding hydrogens is 247 g/mol. The van der Waals surface area contributed by atoms with Crippen LogP contribution >= 0.6 is 23.2 Å². The van der Waals surface area contributed by atoms with Gasteiger partial charge in [-0.2, -0.15) is 0 Å². The number of rotatable bonds is 2. The highest BCUT2D eigenvalue weighted by Gasteiger charge is 2.10. The number of nitrogens with zero attached hydrogens (tertiary/aromatic N) is 1.